The summed E-state index contributed by atoms with van der Waals surface area (Å²) in [4.78, 5) is 27.3. The largest absolute Gasteiger partial charge is 0.489 e. The molecular weight excluding hydrogens is 465 g/mol. The summed E-state index contributed by atoms with van der Waals surface area (Å²) in [5, 5.41) is 10.2. The zero-order valence-corrected chi connectivity index (χ0v) is 19.9. The van der Waals surface area contributed by atoms with Gasteiger partial charge in [0.25, 0.3) is 0 Å². The highest BCUT2D eigenvalue weighted by atomic mass is 19.1. The highest BCUT2D eigenvalue weighted by Gasteiger charge is 2.56. The molecule has 1 fully saturated rings. The van der Waals surface area contributed by atoms with Crippen LogP contribution in [0.5, 0.6) is 5.75 Å². The predicted octanol–water partition coefficient (Wildman–Crippen LogP) is 4.78. The van der Waals surface area contributed by atoms with Crippen LogP contribution in [0.15, 0.2) is 78.9 Å². The molecule has 36 heavy (non-hydrogen) atoms. The van der Waals surface area contributed by atoms with Crippen LogP contribution in [-0.2, 0) is 27.5 Å². The van der Waals surface area contributed by atoms with E-state index in [1.54, 1.807) is 42.5 Å². The number of hydrogen-bond acceptors (Lipinski definition) is 6. The lowest BCUT2D eigenvalue weighted by atomic mass is 9.98. The van der Waals surface area contributed by atoms with Gasteiger partial charge in [-0.1, -0.05) is 60.7 Å². The number of carbonyl (C=O) groups excluding carboxylic acids is 2. The maximum absolute atomic E-state index is 13.9. The number of likely N-dealkylation sites (tertiary alicyclic amines) is 1. The molecule has 0 spiro atoms. The van der Waals surface area contributed by atoms with Crippen molar-refractivity contribution >= 4 is 12.1 Å². The normalized spacial score (nSPS) is 19.1. The van der Waals surface area contributed by atoms with Crippen LogP contribution in [-0.4, -0.2) is 41.3 Å². The molecule has 3 aromatic rings. The van der Waals surface area contributed by atoms with E-state index in [0.29, 0.717) is 17.7 Å². The van der Waals surface area contributed by atoms with E-state index < -0.39 is 30.3 Å². The molecule has 0 aliphatic carbocycles. The number of esters is 1. The molecule has 188 valence electrons. The zero-order valence-electron chi connectivity index (χ0n) is 19.9. The number of carbonyl (C=O) groups is 2. The fraction of sp³-hybridized carbons (Fsp3) is 0.286. The number of nitrogens with zero attached hydrogens (tertiary/aromatic N) is 1. The summed E-state index contributed by atoms with van der Waals surface area (Å²) in [6, 6.07) is 22.1. The zero-order chi connectivity index (χ0) is 25.5. The second-order valence-corrected chi connectivity index (χ2v) is 8.60. The number of methoxy groups -OCH3 is 1. The Balaban J connectivity index is 1.53. The quantitative estimate of drug-likeness (QED) is 0.455. The number of ether oxygens (including phenoxy) is 3. The Bertz CT molecular complexity index is 1190. The standard InChI is InChI=1S/C28H28FNO6/c1-34-26(32)28(19-31)16-15-25(30(28)27(33)36-17-20-7-3-2-4-8-20)21-11-13-23(14-12-21)35-18-22-9-5-6-10-24(22)29/h2-14,25,31H,15-19H2,1H3/t25?,28-/m1/s1. The lowest BCUT2D eigenvalue weighted by Gasteiger charge is -2.36. The first-order valence-electron chi connectivity index (χ1n) is 11.6. The van der Waals surface area contributed by atoms with Crippen molar-refractivity contribution < 1.29 is 33.3 Å². The highest BCUT2D eigenvalue weighted by molar-refractivity contribution is 5.87. The topological polar surface area (TPSA) is 85.3 Å². The van der Waals surface area contributed by atoms with Crippen LogP contribution in [0.1, 0.15) is 35.6 Å². The Hall–Kier alpha value is -3.91. The monoisotopic (exact) mass is 493 g/mol. The minimum absolute atomic E-state index is 0.0222. The van der Waals surface area contributed by atoms with Gasteiger partial charge >= 0.3 is 12.1 Å². The second kappa shape index (κ2) is 11.2. The smallest absolute Gasteiger partial charge is 0.411 e. The van der Waals surface area contributed by atoms with Crippen molar-refractivity contribution in [3.8, 4) is 5.75 Å². The number of amides is 1. The summed E-state index contributed by atoms with van der Waals surface area (Å²) in [5.41, 5.74) is 0.429. The Labute approximate surface area is 209 Å². The SMILES string of the molecule is COC(=O)[C@]1(CO)CCC(c2ccc(OCc3ccccc3F)cc2)N1C(=O)OCc1ccccc1. The number of benzene rings is 3. The van der Waals surface area contributed by atoms with Gasteiger partial charge in [-0.25, -0.2) is 14.0 Å². The number of rotatable bonds is 8. The molecule has 1 unspecified atom stereocenters. The molecule has 0 radical (unpaired) electrons. The average Bonchev–Trinajstić information content (AvgIpc) is 3.32. The fourth-order valence-corrected chi connectivity index (χ4v) is 4.50. The highest BCUT2D eigenvalue weighted by Crippen LogP contribution is 2.44. The number of hydrogen-bond donors (Lipinski definition) is 1. The summed E-state index contributed by atoms with van der Waals surface area (Å²) in [7, 11) is 1.22. The van der Waals surface area contributed by atoms with E-state index in [9.17, 15) is 19.1 Å². The number of halogens is 1. The van der Waals surface area contributed by atoms with Crippen molar-refractivity contribution in [2.24, 2.45) is 0 Å². The maximum Gasteiger partial charge on any atom is 0.411 e. The molecule has 1 aliphatic rings. The van der Waals surface area contributed by atoms with E-state index in [2.05, 4.69) is 0 Å². The molecule has 0 aromatic heterocycles. The molecule has 1 amide bonds. The van der Waals surface area contributed by atoms with Crippen molar-refractivity contribution in [3.05, 3.63) is 101 Å². The first-order valence-corrected chi connectivity index (χ1v) is 11.6. The minimum Gasteiger partial charge on any atom is -0.489 e. The lowest BCUT2D eigenvalue weighted by molar-refractivity contribution is -0.156. The van der Waals surface area contributed by atoms with E-state index in [1.807, 2.05) is 30.3 Å². The number of aliphatic hydroxyl groups is 1. The summed E-state index contributed by atoms with van der Waals surface area (Å²) in [5.74, 6) is -0.513. The van der Waals surface area contributed by atoms with Gasteiger partial charge in [0.15, 0.2) is 5.54 Å². The molecule has 1 aliphatic heterocycles. The van der Waals surface area contributed by atoms with Crippen molar-refractivity contribution in [1.29, 1.82) is 0 Å². The third-order valence-corrected chi connectivity index (χ3v) is 6.45. The molecule has 3 aromatic carbocycles. The Kier molecular flexibility index (Phi) is 7.85. The molecule has 1 saturated heterocycles. The van der Waals surface area contributed by atoms with Crippen LogP contribution in [0.4, 0.5) is 9.18 Å². The first kappa shape index (κ1) is 25.2. The third-order valence-electron chi connectivity index (χ3n) is 6.45. The molecule has 0 bridgehead atoms. The lowest BCUT2D eigenvalue weighted by Crippen LogP contribution is -2.56. The predicted molar refractivity (Wildman–Crippen MR) is 129 cm³/mol. The van der Waals surface area contributed by atoms with Crippen molar-refractivity contribution in [1.82, 2.24) is 4.90 Å². The number of aliphatic hydroxyl groups excluding tert-OH is 1. The van der Waals surface area contributed by atoms with E-state index >= 15 is 0 Å². The Morgan fingerprint density at radius 2 is 1.69 bits per heavy atom. The van der Waals surface area contributed by atoms with Gasteiger partial charge in [-0.05, 0) is 42.2 Å². The van der Waals surface area contributed by atoms with Crippen LogP contribution in [0.3, 0.4) is 0 Å². The molecule has 1 heterocycles. The molecule has 0 saturated carbocycles. The van der Waals surface area contributed by atoms with Gasteiger partial charge in [0.1, 0.15) is 24.8 Å². The summed E-state index contributed by atoms with van der Waals surface area (Å²) in [6.45, 7) is -0.502. The van der Waals surface area contributed by atoms with Crippen LogP contribution in [0, 0.1) is 5.82 Å². The third kappa shape index (κ3) is 5.18. The maximum atomic E-state index is 13.9. The minimum atomic E-state index is -1.55. The van der Waals surface area contributed by atoms with Crippen LogP contribution >= 0.6 is 0 Å². The van der Waals surface area contributed by atoms with E-state index in [1.165, 1.54) is 18.1 Å². The molecule has 4 rings (SSSR count). The van der Waals surface area contributed by atoms with Crippen LogP contribution in [0.2, 0.25) is 0 Å². The van der Waals surface area contributed by atoms with E-state index in [4.69, 9.17) is 14.2 Å². The second-order valence-electron chi connectivity index (χ2n) is 8.60. The van der Waals surface area contributed by atoms with Gasteiger partial charge in [-0.2, -0.15) is 0 Å². The summed E-state index contributed by atoms with van der Waals surface area (Å²) < 4.78 is 30.1. The Morgan fingerprint density at radius 1 is 1.00 bits per heavy atom. The van der Waals surface area contributed by atoms with E-state index in [-0.39, 0.29) is 25.5 Å². The van der Waals surface area contributed by atoms with Crippen molar-refractivity contribution in [3.63, 3.8) is 0 Å². The van der Waals surface area contributed by atoms with Crippen molar-refractivity contribution in [2.75, 3.05) is 13.7 Å². The van der Waals surface area contributed by atoms with Gasteiger partial charge in [-0.15, -0.1) is 0 Å². The van der Waals surface area contributed by atoms with Gasteiger partial charge in [0.2, 0.25) is 0 Å². The molecular formula is C28H28FNO6. The van der Waals surface area contributed by atoms with Crippen molar-refractivity contribution in [2.45, 2.75) is 37.6 Å². The summed E-state index contributed by atoms with van der Waals surface area (Å²) >= 11 is 0. The average molecular weight is 494 g/mol. The first-order chi connectivity index (χ1) is 17.5. The van der Waals surface area contributed by atoms with Gasteiger partial charge in [0.05, 0.1) is 19.8 Å². The Morgan fingerprint density at radius 3 is 2.36 bits per heavy atom. The molecule has 8 heteroatoms. The molecule has 1 N–H and O–H groups in total. The van der Waals surface area contributed by atoms with Gasteiger partial charge < -0.3 is 19.3 Å². The van der Waals surface area contributed by atoms with Crippen LogP contribution < -0.4 is 4.74 Å². The van der Waals surface area contributed by atoms with Gasteiger partial charge in [0, 0.05) is 5.56 Å². The molecule has 2 atom stereocenters. The van der Waals surface area contributed by atoms with Crippen LogP contribution in [0.25, 0.3) is 0 Å². The molecule has 7 nitrogen and oxygen atoms in total. The van der Waals surface area contributed by atoms with E-state index in [0.717, 1.165) is 11.1 Å². The van der Waals surface area contributed by atoms with Gasteiger partial charge in [-0.3, -0.25) is 4.90 Å². The summed E-state index contributed by atoms with van der Waals surface area (Å²) in [6.07, 6.45) is -0.0843. The fourth-order valence-electron chi connectivity index (χ4n) is 4.50.